The lowest BCUT2D eigenvalue weighted by Gasteiger charge is -2.18. The van der Waals surface area contributed by atoms with Crippen molar-refractivity contribution in [1.82, 2.24) is 9.66 Å². The molecule has 4 rings (SSSR count). The molecule has 0 aliphatic rings. The first kappa shape index (κ1) is 30.8. The molecule has 0 aliphatic carbocycles. The second-order valence-electron chi connectivity index (χ2n) is 9.91. The second-order valence-corrected chi connectivity index (χ2v) is 10.8. The molecular formula is C32H34BrN3O6. The van der Waals surface area contributed by atoms with E-state index in [1.807, 2.05) is 38.1 Å². The molecule has 0 aliphatic heterocycles. The van der Waals surface area contributed by atoms with E-state index in [1.165, 1.54) is 18.9 Å². The van der Waals surface area contributed by atoms with Gasteiger partial charge in [0, 0.05) is 15.6 Å². The van der Waals surface area contributed by atoms with Gasteiger partial charge in [0.25, 0.3) is 5.56 Å². The van der Waals surface area contributed by atoms with Gasteiger partial charge in [0.1, 0.15) is 5.75 Å². The minimum absolute atomic E-state index is 0.182. The number of benzene rings is 3. The minimum Gasteiger partial charge on any atom is -0.494 e. The number of ether oxygens (including phenoxy) is 4. The van der Waals surface area contributed by atoms with E-state index in [9.17, 15) is 9.59 Å². The van der Waals surface area contributed by atoms with Gasteiger partial charge in [-0.1, -0.05) is 26.0 Å². The molecule has 3 aromatic carbocycles. The van der Waals surface area contributed by atoms with E-state index < -0.39 is 12.1 Å². The summed E-state index contributed by atoms with van der Waals surface area (Å²) in [6.45, 7) is 10.2. The number of para-hydroxylation sites is 1. The molecule has 0 fully saturated rings. The molecule has 0 N–H and O–H groups in total. The zero-order valence-corrected chi connectivity index (χ0v) is 26.3. The maximum atomic E-state index is 13.8. The molecule has 0 saturated carbocycles. The number of hydrogen-bond donors (Lipinski definition) is 0. The van der Waals surface area contributed by atoms with Crippen molar-refractivity contribution in [2.45, 2.75) is 46.6 Å². The highest BCUT2D eigenvalue weighted by molar-refractivity contribution is 9.10. The van der Waals surface area contributed by atoms with Gasteiger partial charge < -0.3 is 18.9 Å². The number of methoxy groups -OCH3 is 2. The number of rotatable bonds is 10. The Morgan fingerprint density at radius 1 is 1.07 bits per heavy atom. The molecular weight excluding hydrogens is 602 g/mol. The molecule has 1 aromatic heterocycles. The van der Waals surface area contributed by atoms with Gasteiger partial charge in [-0.15, -0.1) is 0 Å². The lowest BCUT2D eigenvalue weighted by molar-refractivity contribution is -0.147. The van der Waals surface area contributed by atoms with Crippen molar-refractivity contribution in [2.24, 2.45) is 5.10 Å². The molecule has 42 heavy (non-hydrogen) atoms. The molecule has 4 aromatic rings. The van der Waals surface area contributed by atoms with Crippen LogP contribution in [0.1, 0.15) is 50.3 Å². The van der Waals surface area contributed by atoms with Gasteiger partial charge in [-0.25, -0.2) is 9.78 Å². The lowest BCUT2D eigenvalue weighted by Crippen LogP contribution is -2.25. The van der Waals surface area contributed by atoms with Crippen LogP contribution in [0, 0.1) is 6.92 Å². The summed E-state index contributed by atoms with van der Waals surface area (Å²) >= 11 is 3.55. The minimum atomic E-state index is -0.840. The average molecular weight is 637 g/mol. The number of nitrogens with zero attached hydrogens (tertiary/aromatic N) is 3. The standard InChI is InChI=1S/C32H34BrN3O6/c1-8-41-27-13-19(4)24(15-23(27)18(2)3)30-35-26-12-10-9-11-22(26)31(37)36(30)34-17-21-14-28(39-6)29(16-25(21)33)42-20(5)32(38)40-7/h9-18,20H,8H2,1-7H3/t20-/m1/s1. The fourth-order valence-electron chi connectivity index (χ4n) is 4.50. The van der Waals surface area contributed by atoms with Gasteiger partial charge in [0.2, 0.25) is 0 Å². The number of carbonyl (C=O) groups is 1. The Hall–Kier alpha value is -4.18. The molecule has 0 spiro atoms. The number of hydrogen-bond acceptors (Lipinski definition) is 8. The van der Waals surface area contributed by atoms with Crippen LogP contribution in [-0.4, -0.2) is 48.8 Å². The van der Waals surface area contributed by atoms with E-state index in [4.69, 9.17) is 23.9 Å². The van der Waals surface area contributed by atoms with E-state index in [0.717, 1.165) is 22.4 Å². The monoisotopic (exact) mass is 635 g/mol. The molecule has 0 radical (unpaired) electrons. The summed E-state index contributed by atoms with van der Waals surface area (Å²) < 4.78 is 23.9. The van der Waals surface area contributed by atoms with Crippen LogP contribution in [0.15, 0.2) is 62.9 Å². The summed E-state index contributed by atoms with van der Waals surface area (Å²) in [4.78, 5) is 30.6. The van der Waals surface area contributed by atoms with Crippen LogP contribution in [0.4, 0.5) is 0 Å². The topological polar surface area (TPSA) is 101 Å². The third-order valence-electron chi connectivity index (χ3n) is 6.71. The summed E-state index contributed by atoms with van der Waals surface area (Å²) in [5.74, 6) is 1.61. The summed E-state index contributed by atoms with van der Waals surface area (Å²) in [6, 6.07) is 14.6. The van der Waals surface area contributed by atoms with Gasteiger partial charge >= 0.3 is 5.97 Å². The lowest BCUT2D eigenvalue weighted by atomic mass is 9.96. The van der Waals surface area contributed by atoms with Crippen molar-refractivity contribution in [3.63, 3.8) is 0 Å². The first-order chi connectivity index (χ1) is 20.1. The Morgan fingerprint density at radius 2 is 1.81 bits per heavy atom. The number of halogens is 1. The van der Waals surface area contributed by atoms with Crippen LogP contribution < -0.4 is 19.8 Å². The van der Waals surface area contributed by atoms with Gasteiger partial charge in [-0.05, 0) is 90.1 Å². The number of aryl methyl sites for hydroxylation is 1. The first-order valence-corrected chi connectivity index (χ1v) is 14.3. The summed E-state index contributed by atoms with van der Waals surface area (Å²) in [5, 5.41) is 5.08. The Labute approximate surface area is 253 Å². The van der Waals surface area contributed by atoms with Crippen LogP contribution in [-0.2, 0) is 9.53 Å². The molecule has 1 heterocycles. The van der Waals surface area contributed by atoms with Crippen LogP contribution in [0.3, 0.4) is 0 Å². The normalized spacial score (nSPS) is 12.1. The summed E-state index contributed by atoms with van der Waals surface area (Å²) in [7, 11) is 2.79. The maximum absolute atomic E-state index is 13.8. The van der Waals surface area contributed by atoms with Gasteiger partial charge in [-0.2, -0.15) is 9.78 Å². The van der Waals surface area contributed by atoms with Crippen molar-refractivity contribution in [3.05, 3.63) is 80.0 Å². The first-order valence-electron chi connectivity index (χ1n) is 13.5. The number of carbonyl (C=O) groups excluding carboxylic acids is 1. The molecule has 0 unspecified atom stereocenters. The van der Waals surface area contributed by atoms with E-state index in [-0.39, 0.29) is 11.5 Å². The van der Waals surface area contributed by atoms with Crippen molar-refractivity contribution in [2.75, 3.05) is 20.8 Å². The van der Waals surface area contributed by atoms with Crippen molar-refractivity contribution in [1.29, 1.82) is 0 Å². The van der Waals surface area contributed by atoms with E-state index in [2.05, 4.69) is 34.9 Å². The highest BCUT2D eigenvalue weighted by Gasteiger charge is 2.20. The molecule has 10 heteroatoms. The van der Waals surface area contributed by atoms with Crippen LogP contribution in [0.25, 0.3) is 22.3 Å². The zero-order valence-electron chi connectivity index (χ0n) is 24.7. The third-order valence-corrected chi connectivity index (χ3v) is 7.39. The average Bonchev–Trinajstić information content (AvgIpc) is 2.97. The Bertz CT molecular complexity index is 1710. The van der Waals surface area contributed by atoms with Gasteiger partial charge in [0.05, 0.1) is 37.9 Å². The highest BCUT2D eigenvalue weighted by Crippen LogP contribution is 2.35. The fourth-order valence-corrected chi connectivity index (χ4v) is 4.93. The van der Waals surface area contributed by atoms with Crippen molar-refractivity contribution in [3.8, 4) is 28.6 Å². The molecule has 0 bridgehead atoms. The summed E-state index contributed by atoms with van der Waals surface area (Å²) in [6.07, 6.45) is 0.711. The fraction of sp³-hybridized carbons (Fsp3) is 0.312. The Balaban J connectivity index is 1.88. The molecule has 1 atom stereocenters. The molecule has 9 nitrogen and oxygen atoms in total. The highest BCUT2D eigenvalue weighted by atomic mass is 79.9. The van der Waals surface area contributed by atoms with Crippen molar-refractivity contribution >= 4 is 39.0 Å². The van der Waals surface area contributed by atoms with Crippen LogP contribution in [0.2, 0.25) is 0 Å². The molecule has 0 saturated heterocycles. The summed E-state index contributed by atoms with van der Waals surface area (Å²) in [5.41, 5.74) is 3.58. The quantitative estimate of drug-likeness (QED) is 0.145. The molecule has 0 amide bonds. The van der Waals surface area contributed by atoms with Gasteiger partial charge in [-0.3, -0.25) is 4.79 Å². The van der Waals surface area contributed by atoms with E-state index in [1.54, 1.807) is 37.4 Å². The number of aromatic nitrogens is 2. The van der Waals surface area contributed by atoms with E-state index >= 15 is 0 Å². The smallest absolute Gasteiger partial charge is 0.346 e. The second kappa shape index (κ2) is 13.2. The van der Waals surface area contributed by atoms with Gasteiger partial charge in [0.15, 0.2) is 23.4 Å². The molecule has 220 valence electrons. The largest absolute Gasteiger partial charge is 0.494 e. The number of esters is 1. The maximum Gasteiger partial charge on any atom is 0.346 e. The van der Waals surface area contributed by atoms with Crippen LogP contribution >= 0.6 is 15.9 Å². The Kier molecular flexibility index (Phi) is 9.67. The SMILES string of the molecule is CCOc1cc(C)c(-c2nc3ccccc3c(=O)n2N=Cc2cc(OC)c(O[C@H](C)C(=O)OC)cc2Br)cc1C(C)C. The Morgan fingerprint density at radius 3 is 2.48 bits per heavy atom. The predicted molar refractivity (Wildman–Crippen MR) is 167 cm³/mol. The van der Waals surface area contributed by atoms with E-state index in [0.29, 0.717) is 44.9 Å². The zero-order chi connectivity index (χ0) is 30.6. The number of fused-ring (bicyclic) bond motifs is 1. The third kappa shape index (κ3) is 6.33. The predicted octanol–water partition coefficient (Wildman–Crippen LogP) is 6.49. The van der Waals surface area contributed by atoms with Crippen LogP contribution in [0.5, 0.6) is 17.2 Å². The van der Waals surface area contributed by atoms with Crippen molar-refractivity contribution < 1.29 is 23.7 Å².